The summed E-state index contributed by atoms with van der Waals surface area (Å²) in [6.07, 6.45) is 1.69. The van der Waals surface area contributed by atoms with E-state index in [9.17, 15) is 9.59 Å². The molecule has 0 fully saturated rings. The van der Waals surface area contributed by atoms with Crippen molar-refractivity contribution >= 4 is 23.2 Å². The molecule has 1 aromatic carbocycles. The van der Waals surface area contributed by atoms with Gasteiger partial charge in [-0.2, -0.15) is 0 Å². The third kappa shape index (κ3) is 5.66. The lowest BCUT2D eigenvalue weighted by atomic mass is 10.1. The highest BCUT2D eigenvalue weighted by atomic mass is 32.1. The first-order chi connectivity index (χ1) is 12.2. The number of rotatable bonds is 6. The number of aromatic nitrogens is 1. The van der Waals surface area contributed by atoms with Crippen LogP contribution in [0, 0.1) is 0 Å². The van der Waals surface area contributed by atoms with Gasteiger partial charge in [0.15, 0.2) is 0 Å². The number of hydrogen-bond donors (Lipinski definition) is 1. The lowest BCUT2D eigenvalue weighted by Gasteiger charge is -2.28. The third-order valence-corrected chi connectivity index (χ3v) is 4.93. The van der Waals surface area contributed by atoms with Gasteiger partial charge in [0, 0.05) is 24.4 Å². The number of hydrogen-bond acceptors (Lipinski definition) is 4. The molecule has 5 nitrogen and oxygen atoms in total. The lowest BCUT2D eigenvalue weighted by molar-refractivity contribution is -0.126. The van der Waals surface area contributed by atoms with Gasteiger partial charge >= 0.3 is 0 Å². The molecule has 0 bridgehead atoms. The summed E-state index contributed by atoms with van der Waals surface area (Å²) in [7, 11) is 1.64. The average molecular weight is 374 g/mol. The first-order valence-electron chi connectivity index (χ1n) is 8.75. The summed E-state index contributed by atoms with van der Waals surface area (Å²) in [6.45, 7) is 7.47. The Labute approximate surface area is 159 Å². The minimum Gasteiger partial charge on any atom is -0.350 e. The van der Waals surface area contributed by atoms with Crippen LogP contribution in [0.1, 0.15) is 48.8 Å². The summed E-state index contributed by atoms with van der Waals surface area (Å²) in [5, 5.41) is 5.60. The third-order valence-electron chi connectivity index (χ3n) is 4.02. The second kappa shape index (κ2) is 8.45. The molecule has 140 valence electrons. The van der Waals surface area contributed by atoms with Crippen molar-refractivity contribution in [1.29, 1.82) is 0 Å². The molecule has 1 atom stereocenters. The number of likely N-dealkylation sites (N-methyl/N-ethyl adjacent to an activating group) is 1. The molecular formula is C20H27N3O2S. The molecule has 0 unspecified atom stereocenters. The van der Waals surface area contributed by atoms with Gasteiger partial charge in [-0.15, -0.1) is 11.3 Å². The zero-order valence-electron chi connectivity index (χ0n) is 16.1. The number of carbonyl (C=O) groups is 2. The molecule has 1 N–H and O–H groups in total. The summed E-state index contributed by atoms with van der Waals surface area (Å²) in [5.74, 6) is -0.406. The maximum atomic E-state index is 12.6. The zero-order chi connectivity index (χ0) is 19.3. The minimum atomic E-state index is -0.559. The molecule has 2 amide bonds. The van der Waals surface area contributed by atoms with Gasteiger partial charge in [0.1, 0.15) is 11.7 Å². The lowest BCUT2D eigenvalue weighted by Crippen LogP contribution is -2.51. The van der Waals surface area contributed by atoms with Crippen LogP contribution in [0.4, 0.5) is 0 Å². The molecule has 0 aliphatic heterocycles. The van der Waals surface area contributed by atoms with Crippen molar-refractivity contribution in [3.63, 3.8) is 0 Å². The Kier molecular flexibility index (Phi) is 6.53. The van der Waals surface area contributed by atoms with Crippen molar-refractivity contribution in [2.45, 2.75) is 52.1 Å². The number of nitrogens with zero attached hydrogens (tertiary/aromatic N) is 2. The van der Waals surface area contributed by atoms with Gasteiger partial charge < -0.3 is 10.2 Å². The molecule has 0 spiro atoms. The molecule has 6 heteroatoms. The van der Waals surface area contributed by atoms with Gasteiger partial charge in [0.2, 0.25) is 5.91 Å². The van der Waals surface area contributed by atoms with Crippen LogP contribution in [0.25, 0.3) is 0 Å². The van der Waals surface area contributed by atoms with Crippen LogP contribution in [0.15, 0.2) is 35.7 Å². The van der Waals surface area contributed by atoms with E-state index >= 15 is 0 Å². The fourth-order valence-electron chi connectivity index (χ4n) is 2.43. The van der Waals surface area contributed by atoms with Crippen molar-refractivity contribution in [3.05, 3.63) is 52.0 Å². The molecule has 0 aliphatic rings. The fourth-order valence-corrected chi connectivity index (χ4v) is 3.20. The maximum Gasteiger partial charge on any atom is 0.273 e. The Balaban J connectivity index is 1.96. The fraction of sp³-hybridized carbons (Fsp3) is 0.450. The van der Waals surface area contributed by atoms with Gasteiger partial charge in [0.25, 0.3) is 5.91 Å². The van der Waals surface area contributed by atoms with E-state index in [1.807, 2.05) is 39.0 Å². The van der Waals surface area contributed by atoms with Crippen molar-refractivity contribution < 1.29 is 9.59 Å². The normalized spacial score (nSPS) is 12.5. The highest BCUT2D eigenvalue weighted by Crippen LogP contribution is 2.15. The number of aryl methyl sites for hydroxylation is 2. The van der Waals surface area contributed by atoms with Gasteiger partial charge in [-0.3, -0.25) is 9.59 Å². The van der Waals surface area contributed by atoms with E-state index in [4.69, 9.17) is 0 Å². The van der Waals surface area contributed by atoms with Crippen molar-refractivity contribution in [3.8, 4) is 0 Å². The SMILES string of the molecule is C[C@H](C(=O)NC(C)(C)C)N(C)C(=O)c1csc(CCc2ccccc2)n1. The van der Waals surface area contributed by atoms with Crippen molar-refractivity contribution in [2.75, 3.05) is 7.05 Å². The summed E-state index contributed by atoms with van der Waals surface area (Å²) < 4.78 is 0. The summed E-state index contributed by atoms with van der Waals surface area (Å²) in [6, 6.07) is 9.65. The van der Waals surface area contributed by atoms with Crippen LogP contribution in [-0.4, -0.2) is 40.3 Å². The maximum absolute atomic E-state index is 12.6. The first-order valence-corrected chi connectivity index (χ1v) is 9.63. The highest BCUT2D eigenvalue weighted by Gasteiger charge is 2.27. The number of benzene rings is 1. The smallest absolute Gasteiger partial charge is 0.273 e. The predicted octanol–water partition coefficient (Wildman–Crippen LogP) is 3.30. The molecule has 1 heterocycles. The van der Waals surface area contributed by atoms with E-state index in [0.29, 0.717) is 5.69 Å². The van der Waals surface area contributed by atoms with Crippen LogP contribution in [0.2, 0.25) is 0 Å². The number of thiazole rings is 1. The molecule has 0 saturated carbocycles. The molecule has 1 aromatic heterocycles. The van der Waals surface area contributed by atoms with Gasteiger partial charge in [-0.25, -0.2) is 4.98 Å². The second-order valence-electron chi connectivity index (χ2n) is 7.44. The summed E-state index contributed by atoms with van der Waals surface area (Å²) in [5.41, 5.74) is 1.32. The van der Waals surface area contributed by atoms with Gasteiger partial charge in [0.05, 0.1) is 5.01 Å². The molecule has 0 aliphatic carbocycles. The molecule has 2 aromatic rings. The van der Waals surface area contributed by atoms with Crippen LogP contribution in [0.5, 0.6) is 0 Å². The van der Waals surface area contributed by atoms with Crippen LogP contribution in [0.3, 0.4) is 0 Å². The molecule has 26 heavy (non-hydrogen) atoms. The average Bonchev–Trinajstić information content (AvgIpc) is 3.06. The quantitative estimate of drug-likeness (QED) is 0.845. The number of amides is 2. The first kappa shape index (κ1) is 20.1. The van der Waals surface area contributed by atoms with E-state index in [2.05, 4.69) is 22.4 Å². The Bertz CT molecular complexity index is 750. The van der Waals surface area contributed by atoms with E-state index in [1.54, 1.807) is 19.4 Å². The zero-order valence-corrected chi connectivity index (χ0v) is 16.9. The van der Waals surface area contributed by atoms with E-state index in [-0.39, 0.29) is 17.4 Å². The largest absolute Gasteiger partial charge is 0.350 e. The monoisotopic (exact) mass is 373 g/mol. The molecule has 0 radical (unpaired) electrons. The molecule has 2 rings (SSSR count). The van der Waals surface area contributed by atoms with Gasteiger partial charge in [-0.05, 0) is 39.7 Å². The number of carbonyl (C=O) groups excluding carboxylic acids is 2. The minimum absolute atomic E-state index is 0.173. The van der Waals surface area contributed by atoms with Crippen molar-refractivity contribution in [2.24, 2.45) is 0 Å². The molecular weight excluding hydrogens is 346 g/mol. The topological polar surface area (TPSA) is 62.3 Å². The van der Waals surface area contributed by atoms with E-state index in [1.165, 1.54) is 21.8 Å². The van der Waals surface area contributed by atoms with E-state index in [0.717, 1.165) is 17.8 Å². The summed E-state index contributed by atoms with van der Waals surface area (Å²) >= 11 is 1.49. The van der Waals surface area contributed by atoms with E-state index < -0.39 is 6.04 Å². The Morgan fingerprint density at radius 3 is 2.46 bits per heavy atom. The second-order valence-corrected chi connectivity index (χ2v) is 8.39. The van der Waals surface area contributed by atoms with Crippen LogP contribution >= 0.6 is 11.3 Å². The van der Waals surface area contributed by atoms with Crippen molar-refractivity contribution in [1.82, 2.24) is 15.2 Å². The van der Waals surface area contributed by atoms with Crippen LogP contribution < -0.4 is 5.32 Å². The Morgan fingerprint density at radius 1 is 1.19 bits per heavy atom. The Hall–Kier alpha value is -2.21. The van der Waals surface area contributed by atoms with Gasteiger partial charge in [-0.1, -0.05) is 30.3 Å². The van der Waals surface area contributed by atoms with Crippen LogP contribution in [-0.2, 0) is 17.6 Å². The summed E-state index contributed by atoms with van der Waals surface area (Å²) in [4.78, 5) is 30.8. The molecule has 0 saturated heterocycles. The number of nitrogens with one attached hydrogen (secondary N) is 1. The Morgan fingerprint density at radius 2 is 1.85 bits per heavy atom. The standard InChI is InChI=1S/C20H27N3O2S/c1-14(18(24)22-20(2,3)4)23(5)19(25)16-13-26-17(21-16)12-11-15-9-7-6-8-10-15/h6-10,13-14H,11-12H2,1-5H3,(H,22,24)/t14-/m1/s1. The highest BCUT2D eigenvalue weighted by molar-refractivity contribution is 7.09. The predicted molar refractivity (Wildman–Crippen MR) is 105 cm³/mol.